The van der Waals surface area contributed by atoms with Crippen LogP contribution in [0.5, 0.6) is 0 Å². The van der Waals surface area contributed by atoms with Gasteiger partial charge < -0.3 is 9.80 Å². The first-order chi connectivity index (χ1) is 12.2. The van der Waals surface area contributed by atoms with Crippen LogP contribution in [0.3, 0.4) is 0 Å². The second kappa shape index (κ2) is 6.27. The molecule has 1 spiro atoms. The molecule has 4 heterocycles. The van der Waals surface area contributed by atoms with E-state index in [1.807, 2.05) is 21.9 Å². The van der Waals surface area contributed by atoms with Crippen molar-refractivity contribution in [3.05, 3.63) is 54.6 Å². The Morgan fingerprint density at radius 2 is 1.88 bits per heavy atom. The van der Waals surface area contributed by atoms with E-state index in [4.69, 9.17) is 0 Å². The molecular weight excluding hydrogens is 316 g/mol. The average molecular weight is 336 g/mol. The second-order valence-electron chi connectivity index (χ2n) is 6.76. The zero-order chi connectivity index (χ0) is 17.3. The SMILES string of the molecule is O=C(c1ccncc1)N1CCC[C@@]2(CCN(c3cccnc3)C2=O)C1. The molecule has 2 aliphatic heterocycles. The number of amides is 2. The maximum atomic E-state index is 13.1. The highest BCUT2D eigenvalue weighted by atomic mass is 16.2. The van der Waals surface area contributed by atoms with Gasteiger partial charge in [-0.25, -0.2) is 0 Å². The molecule has 2 aromatic rings. The first kappa shape index (κ1) is 15.7. The normalized spacial score (nSPS) is 23.3. The summed E-state index contributed by atoms with van der Waals surface area (Å²) < 4.78 is 0. The van der Waals surface area contributed by atoms with Gasteiger partial charge in [-0.3, -0.25) is 19.6 Å². The molecule has 1 atom stereocenters. The van der Waals surface area contributed by atoms with Crippen LogP contribution in [0.25, 0.3) is 0 Å². The van der Waals surface area contributed by atoms with Crippen LogP contribution in [0.4, 0.5) is 5.69 Å². The lowest BCUT2D eigenvalue weighted by atomic mass is 9.78. The van der Waals surface area contributed by atoms with Crippen molar-refractivity contribution in [3.8, 4) is 0 Å². The van der Waals surface area contributed by atoms with E-state index in [2.05, 4.69) is 9.97 Å². The average Bonchev–Trinajstić information content (AvgIpc) is 2.98. The minimum absolute atomic E-state index is 0.0193. The molecule has 2 fully saturated rings. The first-order valence-electron chi connectivity index (χ1n) is 8.61. The van der Waals surface area contributed by atoms with Gasteiger partial charge in [0.15, 0.2) is 0 Å². The molecule has 0 radical (unpaired) electrons. The second-order valence-corrected chi connectivity index (χ2v) is 6.76. The van der Waals surface area contributed by atoms with Crippen LogP contribution in [-0.4, -0.2) is 46.3 Å². The molecule has 0 N–H and O–H groups in total. The van der Waals surface area contributed by atoms with Crippen molar-refractivity contribution in [1.82, 2.24) is 14.9 Å². The standard InChI is InChI=1S/C19H20N4O2/c24-17(15-4-9-20-10-5-15)22-11-2-6-19(14-22)7-12-23(18(19)25)16-3-1-8-21-13-16/h1,3-5,8-10,13H,2,6-7,11-12,14H2/t19-/m1/s1. The van der Waals surface area contributed by atoms with Crippen LogP contribution < -0.4 is 4.90 Å². The summed E-state index contributed by atoms with van der Waals surface area (Å²) in [6.07, 6.45) is 9.14. The van der Waals surface area contributed by atoms with Crippen molar-refractivity contribution in [2.75, 3.05) is 24.5 Å². The third-order valence-corrected chi connectivity index (χ3v) is 5.26. The van der Waals surface area contributed by atoms with Crippen LogP contribution in [0.1, 0.15) is 29.6 Å². The molecule has 2 amide bonds. The van der Waals surface area contributed by atoms with Crippen molar-refractivity contribution < 1.29 is 9.59 Å². The van der Waals surface area contributed by atoms with Gasteiger partial charge in [-0.05, 0) is 43.5 Å². The first-order valence-corrected chi connectivity index (χ1v) is 8.61. The van der Waals surface area contributed by atoms with Crippen molar-refractivity contribution in [2.24, 2.45) is 5.41 Å². The van der Waals surface area contributed by atoms with Gasteiger partial charge in [0, 0.05) is 43.8 Å². The van der Waals surface area contributed by atoms with E-state index in [1.165, 1.54) is 0 Å². The van der Waals surface area contributed by atoms with Crippen molar-refractivity contribution in [1.29, 1.82) is 0 Å². The topological polar surface area (TPSA) is 66.4 Å². The number of carbonyl (C=O) groups excluding carboxylic acids is 2. The molecule has 2 aliphatic rings. The molecule has 0 aliphatic carbocycles. The monoisotopic (exact) mass is 336 g/mol. The Balaban J connectivity index is 1.55. The highest BCUT2D eigenvalue weighted by Crippen LogP contribution is 2.41. The van der Waals surface area contributed by atoms with E-state index in [0.29, 0.717) is 25.2 Å². The van der Waals surface area contributed by atoms with E-state index in [9.17, 15) is 9.59 Å². The van der Waals surface area contributed by atoms with E-state index in [1.54, 1.807) is 36.9 Å². The van der Waals surface area contributed by atoms with Crippen molar-refractivity contribution in [3.63, 3.8) is 0 Å². The summed E-state index contributed by atoms with van der Waals surface area (Å²) in [7, 11) is 0. The van der Waals surface area contributed by atoms with Gasteiger partial charge in [0.25, 0.3) is 5.91 Å². The van der Waals surface area contributed by atoms with Crippen molar-refractivity contribution >= 4 is 17.5 Å². The quantitative estimate of drug-likeness (QED) is 0.843. The lowest BCUT2D eigenvalue weighted by Gasteiger charge is -2.39. The number of aromatic nitrogens is 2. The zero-order valence-corrected chi connectivity index (χ0v) is 14.0. The molecule has 0 bridgehead atoms. The van der Waals surface area contributed by atoms with Gasteiger partial charge in [-0.1, -0.05) is 0 Å². The summed E-state index contributed by atoms with van der Waals surface area (Å²) in [5.41, 5.74) is 1.00. The molecule has 128 valence electrons. The third kappa shape index (κ3) is 2.77. The van der Waals surface area contributed by atoms with Crippen LogP contribution in [0.2, 0.25) is 0 Å². The largest absolute Gasteiger partial charge is 0.338 e. The summed E-state index contributed by atoms with van der Waals surface area (Å²) in [6, 6.07) is 7.20. The van der Waals surface area contributed by atoms with Crippen LogP contribution in [0, 0.1) is 5.41 Å². The van der Waals surface area contributed by atoms with E-state index in [-0.39, 0.29) is 11.8 Å². The predicted molar refractivity (Wildman–Crippen MR) is 93.0 cm³/mol. The number of piperidine rings is 1. The molecule has 0 saturated carbocycles. The van der Waals surface area contributed by atoms with Gasteiger partial charge >= 0.3 is 0 Å². The van der Waals surface area contributed by atoms with Gasteiger partial charge in [0.1, 0.15) is 0 Å². The molecule has 2 aromatic heterocycles. The molecule has 4 rings (SSSR count). The minimum Gasteiger partial charge on any atom is -0.338 e. The summed E-state index contributed by atoms with van der Waals surface area (Å²) in [6.45, 7) is 1.87. The molecule has 25 heavy (non-hydrogen) atoms. The highest BCUT2D eigenvalue weighted by Gasteiger charge is 2.50. The molecule has 6 heteroatoms. The Morgan fingerprint density at radius 1 is 1.04 bits per heavy atom. The van der Waals surface area contributed by atoms with Gasteiger partial charge in [-0.15, -0.1) is 0 Å². The summed E-state index contributed by atoms with van der Waals surface area (Å²) in [5, 5.41) is 0. The summed E-state index contributed by atoms with van der Waals surface area (Å²) >= 11 is 0. The molecule has 0 unspecified atom stereocenters. The number of anilines is 1. The van der Waals surface area contributed by atoms with Crippen molar-refractivity contribution in [2.45, 2.75) is 19.3 Å². The molecular formula is C19H20N4O2. The lowest BCUT2D eigenvalue weighted by Crippen LogP contribution is -2.50. The summed E-state index contributed by atoms with van der Waals surface area (Å²) in [4.78, 5) is 37.6. The van der Waals surface area contributed by atoms with Gasteiger partial charge in [0.05, 0.1) is 17.3 Å². The van der Waals surface area contributed by atoms with Crippen LogP contribution in [-0.2, 0) is 4.79 Å². The van der Waals surface area contributed by atoms with Crippen LogP contribution >= 0.6 is 0 Å². The van der Waals surface area contributed by atoms with E-state index < -0.39 is 5.41 Å². The number of hydrogen-bond donors (Lipinski definition) is 0. The smallest absolute Gasteiger partial charge is 0.253 e. The Morgan fingerprint density at radius 3 is 2.64 bits per heavy atom. The maximum Gasteiger partial charge on any atom is 0.253 e. The zero-order valence-electron chi connectivity index (χ0n) is 14.0. The fourth-order valence-electron chi connectivity index (χ4n) is 3.94. The highest BCUT2D eigenvalue weighted by molar-refractivity contribution is 6.01. The van der Waals surface area contributed by atoms with Gasteiger partial charge in [-0.2, -0.15) is 0 Å². The van der Waals surface area contributed by atoms with E-state index >= 15 is 0 Å². The number of carbonyl (C=O) groups is 2. The number of pyridine rings is 2. The van der Waals surface area contributed by atoms with Gasteiger partial charge in [0.2, 0.25) is 5.91 Å². The summed E-state index contributed by atoms with van der Waals surface area (Å²) in [5.74, 6) is 0.0989. The van der Waals surface area contributed by atoms with E-state index in [0.717, 1.165) is 24.9 Å². The Kier molecular flexibility index (Phi) is 3.95. The Hall–Kier alpha value is -2.76. The number of nitrogens with zero attached hydrogens (tertiary/aromatic N) is 4. The number of rotatable bonds is 2. The molecule has 2 saturated heterocycles. The molecule has 6 nitrogen and oxygen atoms in total. The predicted octanol–water partition coefficient (Wildman–Crippen LogP) is 2.14. The number of hydrogen-bond acceptors (Lipinski definition) is 4. The third-order valence-electron chi connectivity index (χ3n) is 5.26. The minimum atomic E-state index is -0.462. The lowest BCUT2D eigenvalue weighted by molar-refractivity contribution is -0.127. The Labute approximate surface area is 146 Å². The fourth-order valence-corrected chi connectivity index (χ4v) is 3.94. The van der Waals surface area contributed by atoms with Crippen LogP contribution in [0.15, 0.2) is 49.1 Å². The molecule has 0 aromatic carbocycles. The number of likely N-dealkylation sites (tertiary alicyclic amines) is 1. The fraction of sp³-hybridized carbons (Fsp3) is 0.368. The maximum absolute atomic E-state index is 13.1. The Bertz CT molecular complexity index is 781.